The van der Waals surface area contributed by atoms with Gasteiger partial charge >= 0.3 is 5.63 Å². The van der Waals surface area contributed by atoms with Gasteiger partial charge < -0.3 is 13.9 Å². The first-order valence-corrected chi connectivity index (χ1v) is 9.88. The summed E-state index contributed by atoms with van der Waals surface area (Å²) in [5.41, 5.74) is 2.74. The highest BCUT2D eigenvalue weighted by molar-refractivity contribution is 6.33. The highest BCUT2D eigenvalue weighted by atomic mass is 35.5. The van der Waals surface area contributed by atoms with E-state index in [9.17, 15) is 4.79 Å². The van der Waals surface area contributed by atoms with Crippen LogP contribution in [0.1, 0.15) is 18.4 Å². The second-order valence-corrected chi connectivity index (χ2v) is 7.72. The van der Waals surface area contributed by atoms with Crippen LogP contribution in [0, 0.1) is 0 Å². The van der Waals surface area contributed by atoms with Gasteiger partial charge in [-0.25, -0.2) is 4.79 Å². The summed E-state index contributed by atoms with van der Waals surface area (Å²) < 4.78 is 17.3. The van der Waals surface area contributed by atoms with E-state index in [1.165, 1.54) is 6.07 Å². The lowest BCUT2D eigenvalue weighted by atomic mass is 9.99. The van der Waals surface area contributed by atoms with E-state index in [1.807, 2.05) is 36.4 Å². The second-order valence-electron chi connectivity index (χ2n) is 7.31. The molecule has 6 heteroatoms. The molecule has 2 aromatic carbocycles. The van der Waals surface area contributed by atoms with Crippen LogP contribution in [0.25, 0.3) is 22.1 Å². The average Bonchev–Trinajstić information content (AvgIpc) is 3.22. The molecule has 0 spiro atoms. The zero-order chi connectivity index (χ0) is 19.1. The maximum Gasteiger partial charge on any atom is 0.336 e. The summed E-state index contributed by atoms with van der Waals surface area (Å²) in [7, 11) is 0. The van der Waals surface area contributed by atoms with E-state index in [0.717, 1.165) is 48.1 Å². The number of hydrogen-bond donors (Lipinski definition) is 0. The van der Waals surface area contributed by atoms with Gasteiger partial charge in [0.25, 0.3) is 0 Å². The first kappa shape index (κ1) is 17.7. The van der Waals surface area contributed by atoms with Gasteiger partial charge in [0, 0.05) is 31.1 Å². The molecule has 28 heavy (non-hydrogen) atoms. The van der Waals surface area contributed by atoms with E-state index >= 15 is 0 Å². The van der Waals surface area contributed by atoms with E-state index in [1.54, 1.807) is 0 Å². The normalized spacial score (nSPS) is 19.5. The highest BCUT2D eigenvalue weighted by Gasteiger charge is 2.28. The number of benzene rings is 2. The Bertz CT molecular complexity index is 1070. The van der Waals surface area contributed by atoms with Crippen molar-refractivity contribution < 1.29 is 13.9 Å². The molecular formula is C22H20ClNO4. The third-order valence-electron chi connectivity index (χ3n) is 5.38. The maximum absolute atomic E-state index is 12.3. The van der Waals surface area contributed by atoms with Crippen molar-refractivity contribution in [3.63, 3.8) is 0 Å². The molecule has 1 aromatic heterocycles. The molecule has 5 rings (SSSR count). The van der Waals surface area contributed by atoms with Gasteiger partial charge in [-0.3, -0.25) is 4.90 Å². The predicted octanol–water partition coefficient (Wildman–Crippen LogP) is 4.44. The largest absolute Gasteiger partial charge is 0.476 e. The Hall–Kier alpha value is -2.34. The van der Waals surface area contributed by atoms with E-state index in [-0.39, 0.29) is 11.7 Å². The van der Waals surface area contributed by atoms with Crippen molar-refractivity contribution >= 4 is 22.6 Å². The number of hydrogen-bond acceptors (Lipinski definition) is 5. The third kappa shape index (κ3) is 3.20. The smallest absolute Gasteiger partial charge is 0.336 e. The van der Waals surface area contributed by atoms with Crippen LogP contribution >= 0.6 is 11.6 Å². The van der Waals surface area contributed by atoms with E-state index in [4.69, 9.17) is 25.5 Å². The Kier molecular flexibility index (Phi) is 4.59. The Balaban J connectivity index is 1.62. The molecule has 0 bridgehead atoms. The predicted molar refractivity (Wildman–Crippen MR) is 108 cm³/mol. The zero-order valence-electron chi connectivity index (χ0n) is 15.3. The van der Waals surface area contributed by atoms with Gasteiger partial charge in [-0.15, -0.1) is 0 Å². The van der Waals surface area contributed by atoms with Crippen molar-refractivity contribution in [2.24, 2.45) is 0 Å². The van der Waals surface area contributed by atoms with Gasteiger partial charge in [-0.1, -0.05) is 41.9 Å². The summed E-state index contributed by atoms with van der Waals surface area (Å²) in [6.45, 7) is 2.66. The van der Waals surface area contributed by atoms with Crippen LogP contribution in [0.15, 0.2) is 51.7 Å². The van der Waals surface area contributed by atoms with Gasteiger partial charge in [0.15, 0.2) is 0 Å². The van der Waals surface area contributed by atoms with Crippen LogP contribution in [0.3, 0.4) is 0 Å². The SMILES string of the molecule is O=c1cc(-c2ccccc2)c2cc(Cl)c3c(c2o1)CN(C[C@@H]1CCCO1)CO3. The lowest BCUT2D eigenvalue weighted by Crippen LogP contribution is -2.37. The molecule has 0 amide bonds. The van der Waals surface area contributed by atoms with Crippen LogP contribution < -0.4 is 10.4 Å². The van der Waals surface area contributed by atoms with Crippen molar-refractivity contribution in [2.75, 3.05) is 19.9 Å². The topological polar surface area (TPSA) is 51.9 Å². The fourth-order valence-electron chi connectivity index (χ4n) is 4.08. The summed E-state index contributed by atoms with van der Waals surface area (Å²) in [6, 6.07) is 13.1. The van der Waals surface area contributed by atoms with Crippen molar-refractivity contribution in [3.05, 3.63) is 63.5 Å². The minimum atomic E-state index is -0.382. The third-order valence-corrected chi connectivity index (χ3v) is 5.66. The van der Waals surface area contributed by atoms with Crippen molar-refractivity contribution in [2.45, 2.75) is 25.5 Å². The van der Waals surface area contributed by atoms with Crippen molar-refractivity contribution in [1.29, 1.82) is 0 Å². The Morgan fingerprint density at radius 1 is 1.18 bits per heavy atom. The zero-order valence-corrected chi connectivity index (χ0v) is 16.1. The van der Waals surface area contributed by atoms with Gasteiger partial charge in [0.1, 0.15) is 18.1 Å². The standard InChI is InChI=1S/C22H20ClNO4/c23-19-9-17-16(14-5-2-1-3-6-14)10-20(25)28-21(17)18-12-24(13-27-22(18)19)11-15-7-4-8-26-15/h1-3,5-6,9-10,15H,4,7-8,11-13H2/t15-/m0/s1. The van der Waals surface area contributed by atoms with Crippen LogP contribution in [0.5, 0.6) is 5.75 Å². The first-order valence-electron chi connectivity index (χ1n) is 9.50. The molecule has 5 nitrogen and oxygen atoms in total. The number of rotatable bonds is 3. The molecule has 1 saturated heterocycles. The molecule has 0 aliphatic carbocycles. The quantitative estimate of drug-likeness (QED) is 0.611. The fourth-order valence-corrected chi connectivity index (χ4v) is 4.36. The number of halogens is 1. The summed E-state index contributed by atoms with van der Waals surface area (Å²) in [6.07, 6.45) is 2.38. The lowest BCUT2D eigenvalue weighted by molar-refractivity contribution is 0.0281. The molecule has 1 atom stereocenters. The molecular weight excluding hydrogens is 378 g/mol. The minimum Gasteiger partial charge on any atom is -0.476 e. The lowest BCUT2D eigenvalue weighted by Gasteiger charge is -2.31. The summed E-state index contributed by atoms with van der Waals surface area (Å²) >= 11 is 6.55. The molecule has 0 saturated carbocycles. The molecule has 2 aliphatic rings. The van der Waals surface area contributed by atoms with E-state index in [0.29, 0.717) is 29.6 Å². The fraction of sp³-hybridized carbons (Fsp3) is 0.318. The van der Waals surface area contributed by atoms with E-state index < -0.39 is 0 Å². The van der Waals surface area contributed by atoms with Crippen molar-refractivity contribution in [1.82, 2.24) is 4.90 Å². The van der Waals surface area contributed by atoms with Crippen LogP contribution in [-0.4, -0.2) is 30.9 Å². The number of nitrogens with zero attached hydrogens (tertiary/aromatic N) is 1. The summed E-state index contributed by atoms with van der Waals surface area (Å²) in [4.78, 5) is 14.5. The monoisotopic (exact) mass is 397 g/mol. The summed E-state index contributed by atoms with van der Waals surface area (Å²) in [5.74, 6) is 0.603. The maximum atomic E-state index is 12.3. The molecule has 144 valence electrons. The molecule has 2 aliphatic heterocycles. The first-order chi connectivity index (χ1) is 13.7. The van der Waals surface area contributed by atoms with E-state index in [2.05, 4.69) is 4.90 Å². The van der Waals surface area contributed by atoms with Gasteiger partial charge in [0.2, 0.25) is 0 Å². The Labute approximate surface area is 167 Å². The molecule has 3 aromatic rings. The van der Waals surface area contributed by atoms with Crippen LogP contribution in [0.4, 0.5) is 0 Å². The average molecular weight is 398 g/mol. The second kappa shape index (κ2) is 7.24. The minimum absolute atomic E-state index is 0.225. The summed E-state index contributed by atoms with van der Waals surface area (Å²) in [5, 5.41) is 1.35. The molecule has 3 heterocycles. The highest BCUT2D eigenvalue weighted by Crippen LogP contribution is 2.41. The molecule has 0 unspecified atom stereocenters. The van der Waals surface area contributed by atoms with Gasteiger partial charge in [0.05, 0.1) is 16.7 Å². The molecule has 0 radical (unpaired) electrons. The van der Waals surface area contributed by atoms with Gasteiger partial charge in [-0.2, -0.15) is 0 Å². The van der Waals surface area contributed by atoms with Crippen LogP contribution in [0.2, 0.25) is 5.02 Å². The molecule has 1 fully saturated rings. The van der Waals surface area contributed by atoms with Crippen LogP contribution in [-0.2, 0) is 11.3 Å². The Morgan fingerprint density at radius 2 is 2.04 bits per heavy atom. The van der Waals surface area contributed by atoms with Gasteiger partial charge in [-0.05, 0) is 30.0 Å². The Morgan fingerprint density at radius 3 is 2.82 bits per heavy atom. The van der Waals surface area contributed by atoms with Crippen molar-refractivity contribution in [3.8, 4) is 16.9 Å². The molecule has 0 N–H and O–H groups in total. The number of ether oxygens (including phenoxy) is 2. The number of fused-ring (bicyclic) bond motifs is 3.